The molecular formula is C15H16F2N4O. The molecule has 1 aromatic heterocycles. The molecule has 7 heteroatoms. The lowest BCUT2D eigenvalue weighted by atomic mass is 10.2. The Morgan fingerprint density at radius 1 is 1.18 bits per heavy atom. The lowest BCUT2D eigenvalue weighted by Crippen LogP contribution is -2.19. The minimum atomic E-state index is -0.674. The van der Waals surface area contributed by atoms with Gasteiger partial charge in [0.1, 0.15) is 35.3 Å². The molecule has 0 spiro atoms. The predicted octanol–water partition coefficient (Wildman–Crippen LogP) is 3.09. The van der Waals surface area contributed by atoms with Gasteiger partial charge in [0.25, 0.3) is 0 Å². The van der Waals surface area contributed by atoms with Gasteiger partial charge in [0.05, 0.1) is 6.10 Å². The number of anilines is 3. The normalized spacial score (nSPS) is 17.5. The molecule has 5 nitrogen and oxygen atoms in total. The van der Waals surface area contributed by atoms with E-state index < -0.39 is 11.6 Å². The third-order valence-corrected chi connectivity index (χ3v) is 3.42. The Morgan fingerprint density at radius 3 is 2.68 bits per heavy atom. The van der Waals surface area contributed by atoms with Gasteiger partial charge in [-0.3, -0.25) is 0 Å². The first kappa shape index (κ1) is 14.6. The topological polar surface area (TPSA) is 59.1 Å². The van der Waals surface area contributed by atoms with E-state index in [-0.39, 0.29) is 11.8 Å². The molecule has 0 radical (unpaired) electrons. The molecule has 1 unspecified atom stereocenters. The van der Waals surface area contributed by atoms with E-state index in [1.165, 1.54) is 24.5 Å². The van der Waals surface area contributed by atoms with Gasteiger partial charge in [-0.1, -0.05) is 6.07 Å². The van der Waals surface area contributed by atoms with Gasteiger partial charge in [-0.2, -0.15) is 0 Å². The van der Waals surface area contributed by atoms with E-state index in [1.54, 1.807) is 6.07 Å². The number of para-hydroxylation sites is 1. The molecule has 0 saturated carbocycles. The van der Waals surface area contributed by atoms with Gasteiger partial charge >= 0.3 is 0 Å². The number of nitrogens with one attached hydrogen (secondary N) is 2. The summed E-state index contributed by atoms with van der Waals surface area (Å²) in [4.78, 5) is 8.05. The zero-order chi connectivity index (χ0) is 15.4. The minimum Gasteiger partial charge on any atom is -0.376 e. The van der Waals surface area contributed by atoms with Gasteiger partial charge in [0.2, 0.25) is 0 Å². The average Bonchev–Trinajstić information content (AvgIpc) is 3.03. The summed E-state index contributed by atoms with van der Waals surface area (Å²) in [6, 6.07) is 5.28. The van der Waals surface area contributed by atoms with Crippen LogP contribution in [0.2, 0.25) is 0 Å². The third kappa shape index (κ3) is 3.48. The number of benzene rings is 1. The fourth-order valence-electron chi connectivity index (χ4n) is 2.29. The molecule has 2 heterocycles. The molecule has 1 fully saturated rings. The van der Waals surface area contributed by atoms with Crippen molar-refractivity contribution in [3.05, 3.63) is 42.2 Å². The largest absolute Gasteiger partial charge is 0.376 e. The summed E-state index contributed by atoms with van der Waals surface area (Å²) in [5, 5.41) is 5.77. The maximum atomic E-state index is 13.6. The first-order chi connectivity index (χ1) is 10.7. The van der Waals surface area contributed by atoms with Crippen LogP contribution in [0.15, 0.2) is 30.6 Å². The SMILES string of the molecule is Fc1cccc(F)c1Nc1cc(NCC2CCCO2)ncn1. The third-order valence-electron chi connectivity index (χ3n) is 3.42. The predicted molar refractivity (Wildman–Crippen MR) is 79.1 cm³/mol. The monoisotopic (exact) mass is 306 g/mol. The number of ether oxygens (including phenoxy) is 1. The zero-order valence-electron chi connectivity index (χ0n) is 11.9. The van der Waals surface area contributed by atoms with Crippen molar-refractivity contribution in [3.63, 3.8) is 0 Å². The molecule has 1 atom stereocenters. The molecule has 2 aromatic rings. The Labute approximate surface area is 126 Å². The first-order valence-corrected chi connectivity index (χ1v) is 7.11. The molecule has 1 saturated heterocycles. The van der Waals surface area contributed by atoms with Crippen molar-refractivity contribution in [2.45, 2.75) is 18.9 Å². The average molecular weight is 306 g/mol. The van der Waals surface area contributed by atoms with Gasteiger partial charge in [0, 0.05) is 19.2 Å². The van der Waals surface area contributed by atoms with Crippen molar-refractivity contribution >= 4 is 17.3 Å². The van der Waals surface area contributed by atoms with Crippen molar-refractivity contribution < 1.29 is 13.5 Å². The maximum Gasteiger partial charge on any atom is 0.149 e. The lowest BCUT2D eigenvalue weighted by Gasteiger charge is -2.12. The molecule has 116 valence electrons. The van der Waals surface area contributed by atoms with E-state index in [9.17, 15) is 8.78 Å². The van der Waals surface area contributed by atoms with Gasteiger partial charge in [-0.05, 0) is 25.0 Å². The number of hydrogen-bond donors (Lipinski definition) is 2. The Hall–Kier alpha value is -2.28. The fraction of sp³-hybridized carbons (Fsp3) is 0.333. The summed E-state index contributed by atoms with van der Waals surface area (Å²) in [6.45, 7) is 1.43. The van der Waals surface area contributed by atoms with Crippen LogP contribution in [-0.2, 0) is 4.74 Å². The van der Waals surface area contributed by atoms with Gasteiger partial charge in [0.15, 0.2) is 0 Å². The van der Waals surface area contributed by atoms with Crippen molar-refractivity contribution in [1.29, 1.82) is 0 Å². The lowest BCUT2D eigenvalue weighted by molar-refractivity contribution is 0.120. The summed E-state index contributed by atoms with van der Waals surface area (Å²) in [5.74, 6) is -0.460. The molecule has 0 aliphatic carbocycles. The summed E-state index contributed by atoms with van der Waals surface area (Å²) in [7, 11) is 0. The molecule has 22 heavy (non-hydrogen) atoms. The Bertz CT molecular complexity index is 627. The van der Waals surface area contributed by atoms with Crippen molar-refractivity contribution in [2.75, 3.05) is 23.8 Å². The van der Waals surface area contributed by atoms with Crippen molar-refractivity contribution in [1.82, 2.24) is 9.97 Å². The van der Waals surface area contributed by atoms with Gasteiger partial charge < -0.3 is 15.4 Å². The van der Waals surface area contributed by atoms with Crippen molar-refractivity contribution in [3.8, 4) is 0 Å². The Balaban J connectivity index is 1.68. The minimum absolute atomic E-state index is 0.176. The van der Waals surface area contributed by atoms with E-state index >= 15 is 0 Å². The molecule has 1 aromatic carbocycles. The highest BCUT2D eigenvalue weighted by Crippen LogP contribution is 2.22. The second-order valence-corrected chi connectivity index (χ2v) is 5.03. The quantitative estimate of drug-likeness (QED) is 0.889. The molecule has 0 bridgehead atoms. The maximum absolute atomic E-state index is 13.6. The molecule has 1 aliphatic heterocycles. The second kappa shape index (κ2) is 6.65. The molecule has 1 aliphatic rings. The van der Waals surface area contributed by atoms with Crippen LogP contribution in [0.1, 0.15) is 12.8 Å². The van der Waals surface area contributed by atoms with Crippen LogP contribution in [0.4, 0.5) is 26.1 Å². The standard InChI is InChI=1S/C15H16F2N4O/c16-11-4-1-5-12(17)15(11)21-14-7-13(19-9-20-14)18-8-10-3-2-6-22-10/h1,4-5,7,9-10H,2-3,6,8H2,(H2,18,19,20,21). The number of halogens is 2. The second-order valence-electron chi connectivity index (χ2n) is 5.03. The van der Waals surface area contributed by atoms with E-state index in [0.717, 1.165) is 19.4 Å². The van der Waals surface area contributed by atoms with Crippen LogP contribution >= 0.6 is 0 Å². The summed E-state index contributed by atoms with van der Waals surface area (Å²) < 4.78 is 32.7. The first-order valence-electron chi connectivity index (χ1n) is 7.11. The highest BCUT2D eigenvalue weighted by atomic mass is 19.1. The van der Waals surface area contributed by atoms with Crippen LogP contribution < -0.4 is 10.6 Å². The molecular weight excluding hydrogens is 290 g/mol. The van der Waals surface area contributed by atoms with E-state index in [4.69, 9.17) is 4.74 Å². The van der Waals surface area contributed by atoms with E-state index in [1.807, 2.05) is 0 Å². The van der Waals surface area contributed by atoms with Crippen LogP contribution in [0, 0.1) is 11.6 Å². The summed E-state index contributed by atoms with van der Waals surface area (Å²) in [5.41, 5.74) is -0.230. The number of hydrogen-bond acceptors (Lipinski definition) is 5. The highest BCUT2D eigenvalue weighted by Gasteiger charge is 2.15. The fourth-order valence-corrected chi connectivity index (χ4v) is 2.29. The van der Waals surface area contributed by atoms with E-state index in [0.29, 0.717) is 18.2 Å². The summed E-state index contributed by atoms with van der Waals surface area (Å²) in [6.07, 6.45) is 3.59. The van der Waals surface area contributed by atoms with E-state index in [2.05, 4.69) is 20.6 Å². The van der Waals surface area contributed by atoms with Crippen LogP contribution in [0.5, 0.6) is 0 Å². The summed E-state index contributed by atoms with van der Waals surface area (Å²) >= 11 is 0. The van der Waals surface area contributed by atoms with Gasteiger partial charge in [-0.15, -0.1) is 0 Å². The molecule has 3 rings (SSSR count). The molecule has 0 amide bonds. The number of aromatic nitrogens is 2. The van der Waals surface area contributed by atoms with Gasteiger partial charge in [-0.25, -0.2) is 18.7 Å². The Morgan fingerprint density at radius 2 is 1.95 bits per heavy atom. The van der Waals surface area contributed by atoms with Crippen LogP contribution in [0.3, 0.4) is 0 Å². The Kier molecular flexibility index (Phi) is 4.43. The zero-order valence-corrected chi connectivity index (χ0v) is 11.9. The van der Waals surface area contributed by atoms with Crippen LogP contribution in [-0.4, -0.2) is 29.2 Å². The number of rotatable bonds is 5. The number of nitrogens with zero attached hydrogens (tertiary/aromatic N) is 2. The smallest absolute Gasteiger partial charge is 0.149 e. The highest BCUT2D eigenvalue weighted by molar-refractivity contribution is 5.59. The molecule has 2 N–H and O–H groups in total. The van der Waals surface area contributed by atoms with Crippen molar-refractivity contribution in [2.24, 2.45) is 0 Å². The van der Waals surface area contributed by atoms with Crippen LogP contribution in [0.25, 0.3) is 0 Å².